The second kappa shape index (κ2) is 8.89. The van der Waals surface area contributed by atoms with Gasteiger partial charge in [0.25, 0.3) is 17.6 Å². The minimum atomic E-state index is -1.44. The molecule has 0 saturated carbocycles. The molecule has 0 aromatic heterocycles. The number of amides is 1. The highest BCUT2D eigenvalue weighted by atomic mass is 35.5. The third kappa shape index (κ3) is 3.66. The number of non-ortho nitro benzene ring substituents is 1. The van der Waals surface area contributed by atoms with Gasteiger partial charge in [0.2, 0.25) is 0 Å². The molecule has 1 fully saturated rings. The molecule has 1 spiro atoms. The number of benzene rings is 3. The predicted molar refractivity (Wildman–Crippen MR) is 132 cm³/mol. The van der Waals surface area contributed by atoms with Gasteiger partial charge in [-0.3, -0.25) is 29.9 Å². The quantitative estimate of drug-likeness (QED) is 0.387. The number of likely N-dealkylation sites (N-methyl/N-ethyl adjacent to an activating group) is 1. The zero-order valence-electron chi connectivity index (χ0n) is 19.1. The number of fused-ring (bicyclic) bond motifs is 2. The number of anilines is 1. The van der Waals surface area contributed by atoms with Crippen LogP contribution in [0.4, 0.5) is 11.4 Å². The maximum atomic E-state index is 13.2. The van der Waals surface area contributed by atoms with Crippen LogP contribution in [0.15, 0.2) is 66.7 Å². The number of halogens is 1. The molecule has 2 heterocycles. The largest absolute Gasteiger partial charge is 0.487 e. The summed E-state index contributed by atoms with van der Waals surface area (Å²) >= 11 is 6.48. The van der Waals surface area contributed by atoms with Gasteiger partial charge in [-0.25, -0.2) is 0 Å². The molecule has 2 aliphatic rings. The molecular formula is C25H21ClN4O6. The van der Waals surface area contributed by atoms with Gasteiger partial charge in [0.15, 0.2) is 5.54 Å². The average molecular weight is 509 g/mol. The van der Waals surface area contributed by atoms with Crippen LogP contribution >= 0.6 is 11.6 Å². The molecule has 11 heteroatoms. The molecule has 10 nitrogen and oxygen atoms in total. The fourth-order valence-corrected chi connectivity index (χ4v) is 5.61. The van der Waals surface area contributed by atoms with E-state index in [1.807, 2.05) is 0 Å². The van der Waals surface area contributed by atoms with Gasteiger partial charge in [-0.15, -0.1) is 0 Å². The molecule has 1 saturated heterocycles. The summed E-state index contributed by atoms with van der Waals surface area (Å²) in [5.74, 6) is -0.682. The molecule has 2 aliphatic heterocycles. The van der Waals surface area contributed by atoms with Crippen molar-refractivity contribution in [2.75, 3.05) is 18.9 Å². The van der Waals surface area contributed by atoms with Gasteiger partial charge in [0, 0.05) is 34.9 Å². The minimum Gasteiger partial charge on any atom is -0.487 e. The molecule has 0 radical (unpaired) electrons. The third-order valence-electron chi connectivity index (χ3n) is 6.94. The van der Waals surface area contributed by atoms with Crippen LogP contribution in [-0.4, -0.2) is 40.3 Å². The summed E-state index contributed by atoms with van der Waals surface area (Å²) in [6.07, 6.45) is 0. The zero-order valence-corrected chi connectivity index (χ0v) is 19.8. The number of nitro groups is 2. The van der Waals surface area contributed by atoms with E-state index in [9.17, 15) is 25.0 Å². The zero-order chi connectivity index (χ0) is 25.6. The van der Waals surface area contributed by atoms with Gasteiger partial charge in [-0.05, 0) is 36.4 Å². The van der Waals surface area contributed by atoms with Gasteiger partial charge in [0.05, 0.1) is 15.9 Å². The Morgan fingerprint density at radius 1 is 1.11 bits per heavy atom. The van der Waals surface area contributed by atoms with Crippen molar-refractivity contribution in [2.24, 2.45) is 0 Å². The number of nitrogens with zero attached hydrogens (tertiary/aromatic N) is 3. The summed E-state index contributed by atoms with van der Waals surface area (Å²) in [5.41, 5.74) is 0.900. The van der Waals surface area contributed by atoms with Crippen LogP contribution in [0.25, 0.3) is 0 Å². The number of nitrogens with one attached hydrogen (secondary N) is 1. The Balaban J connectivity index is 1.44. The van der Waals surface area contributed by atoms with Crippen molar-refractivity contribution < 1.29 is 19.4 Å². The predicted octanol–water partition coefficient (Wildman–Crippen LogP) is 4.35. The minimum absolute atomic E-state index is 0.0415. The highest BCUT2D eigenvalue weighted by Gasteiger charge is 2.68. The van der Waals surface area contributed by atoms with E-state index in [4.69, 9.17) is 16.3 Å². The van der Waals surface area contributed by atoms with Crippen LogP contribution in [-0.2, 0) is 16.9 Å². The second-order valence-corrected chi connectivity index (χ2v) is 9.30. The van der Waals surface area contributed by atoms with Crippen LogP contribution in [0, 0.1) is 20.2 Å². The Hall–Kier alpha value is -4.02. The molecule has 184 valence electrons. The van der Waals surface area contributed by atoms with E-state index < -0.39 is 28.3 Å². The Labute approximate surface area is 210 Å². The van der Waals surface area contributed by atoms with Gasteiger partial charge in [-0.2, -0.15) is 0 Å². The normalized spacial score (nSPS) is 22.9. The fourth-order valence-electron chi connectivity index (χ4n) is 5.37. The van der Waals surface area contributed by atoms with Crippen LogP contribution in [0.1, 0.15) is 22.6 Å². The highest BCUT2D eigenvalue weighted by molar-refractivity contribution is 6.32. The monoisotopic (exact) mass is 508 g/mol. The summed E-state index contributed by atoms with van der Waals surface area (Å²) in [7, 11) is 1.72. The molecule has 1 amide bonds. The molecule has 5 rings (SSSR count). The lowest BCUT2D eigenvalue weighted by molar-refractivity contribution is -0.534. The van der Waals surface area contributed by atoms with Crippen molar-refractivity contribution >= 4 is 28.9 Å². The fraction of sp³-hybridized carbons (Fsp3) is 0.240. The van der Waals surface area contributed by atoms with E-state index in [2.05, 4.69) is 5.32 Å². The van der Waals surface area contributed by atoms with Crippen molar-refractivity contribution in [3.05, 3.63) is 109 Å². The molecule has 0 bridgehead atoms. The summed E-state index contributed by atoms with van der Waals surface area (Å²) in [4.78, 5) is 37.5. The number of ether oxygens (including phenoxy) is 1. The smallest absolute Gasteiger partial charge is 0.269 e. The summed E-state index contributed by atoms with van der Waals surface area (Å²) < 4.78 is 5.76. The first-order valence-corrected chi connectivity index (χ1v) is 11.5. The Morgan fingerprint density at radius 2 is 1.89 bits per heavy atom. The Bertz CT molecular complexity index is 1400. The van der Waals surface area contributed by atoms with Crippen LogP contribution in [0.3, 0.4) is 0 Å². The van der Waals surface area contributed by atoms with Crippen molar-refractivity contribution in [1.82, 2.24) is 4.90 Å². The van der Waals surface area contributed by atoms with Crippen LogP contribution in [0.2, 0.25) is 5.02 Å². The number of carbonyl (C=O) groups excluding carboxylic acids is 1. The maximum absolute atomic E-state index is 13.2. The SMILES string of the molecule is CN1C[C@H](c2ccc(OCc3cccc([N+](=O)[O-])c3)c(Cl)c2)[C@H]([N+](=O)[O-])[C@]12C(=O)Nc1ccccc12. The Morgan fingerprint density at radius 3 is 2.61 bits per heavy atom. The standard InChI is InChI=1S/C25H21ClN4O6/c1-28-13-18(23(30(34)35)25(28)19-7-2-3-8-21(19)27-24(25)31)16-9-10-22(20(26)12-16)36-14-15-5-4-6-17(11-15)29(32)33/h2-12,18,23H,13-14H2,1H3,(H,27,31)/t18-,23+,25-/m1/s1. The summed E-state index contributed by atoms with van der Waals surface area (Å²) in [5, 5.41) is 26.5. The second-order valence-electron chi connectivity index (χ2n) is 8.89. The molecule has 3 aromatic carbocycles. The number of likely N-dealkylation sites (tertiary alicyclic amines) is 1. The van der Waals surface area contributed by atoms with Crippen molar-refractivity contribution in [3.8, 4) is 5.75 Å². The number of para-hydroxylation sites is 1. The van der Waals surface area contributed by atoms with Crippen LogP contribution in [0.5, 0.6) is 5.75 Å². The van der Waals surface area contributed by atoms with Crippen molar-refractivity contribution in [2.45, 2.75) is 24.1 Å². The van der Waals surface area contributed by atoms with E-state index in [1.165, 1.54) is 12.1 Å². The number of hydrogen-bond donors (Lipinski definition) is 1. The lowest BCUT2D eigenvalue weighted by Gasteiger charge is -2.30. The van der Waals surface area contributed by atoms with Gasteiger partial charge >= 0.3 is 0 Å². The van der Waals surface area contributed by atoms with Crippen molar-refractivity contribution in [1.29, 1.82) is 0 Å². The highest BCUT2D eigenvalue weighted by Crippen LogP contribution is 2.52. The summed E-state index contributed by atoms with van der Waals surface area (Å²) in [6, 6.07) is 16.8. The number of rotatable bonds is 6. The van der Waals surface area contributed by atoms with E-state index in [0.717, 1.165) is 0 Å². The first-order chi connectivity index (χ1) is 17.2. The van der Waals surface area contributed by atoms with Gasteiger partial charge < -0.3 is 10.1 Å². The molecule has 36 heavy (non-hydrogen) atoms. The molecule has 3 atom stereocenters. The molecule has 3 aromatic rings. The maximum Gasteiger partial charge on any atom is 0.269 e. The molecule has 0 aliphatic carbocycles. The number of nitro benzene ring substituents is 1. The van der Waals surface area contributed by atoms with E-state index in [-0.39, 0.29) is 28.8 Å². The van der Waals surface area contributed by atoms with E-state index in [1.54, 1.807) is 66.5 Å². The Kier molecular flexibility index (Phi) is 5.85. The number of hydrogen-bond acceptors (Lipinski definition) is 7. The van der Waals surface area contributed by atoms with Gasteiger partial charge in [0.1, 0.15) is 12.4 Å². The van der Waals surface area contributed by atoms with E-state index >= 15 is 0 Å². The van der Waals surface area contributed by atoms with Gasteiger partial charge in [-0.1, -0.05) is 48.0 Å². The first kappa shape index (κ1) is 23.7. The van der Waals surface area contributed by atoms with E-state index in [0.29, 0.717) is 28.1 Å². The molecule has 1 N–H and O–H groups in total. The lowest BCUT2D eigenvalue weighted by atomic mass is 9.79. The first-order valence-electron chi connectivity index (χ1n) is 11.1. The lowest BCUT2D eigenvalue weighted by Crippen LogP contribution is -2.54. The average Bonchev–Trinajstić information content (AvgIpc) is 3.33. The molecular weight excluding hydrogens is 488 g/mol. The third-order valence-corrected chi connectivity index (χ3v) is 7.24. The van der Waals surface area contributed by atoms with Crippen LogP contribution < -0.4 is 10.1 Å². The number of carbonyl (C=O) groups is 1. The van der Waals surface area contributed by atoms with Crippen molar-refractivity contribution in [3.63, 3.8) is 0 Å². The molecule has 0 unspecified atom stereocenters. The topological polar surface area (TPSA) is 128 Å². The summed E-state index contributed by atoms with van der Waals surface area (Å²) in [6.45, 7) is 0.335.